The predicted molar refractivity (Wildman–Crippen MR) is 65.4 cm³/mol. The van der Waals surface area contributed by atoms with E-state index < -0.39 is 0 Å². The van der Waals surface area contributed by atoms with E-state index in [-0.39, 0.29) is 18.3 Å². The molecule has 0 aliphatic carbocycles. The van der Waals surface area contributed by atoms with Gasteiger partial charge in [-0.05, 0) is 19.8 Å². The molecule has 0 spiro atoms. The third kappa shape index (κ3) is 15.6. The highest BCUT2D eigenvalue weighted by Gasteiger charge is 1.98. The van der Waals surface area contributed by atoms with Crippen molar-refractivity contribution in [1.29, 1.82) is 0 Å². The molecule has 0 bridgehead atoms. The second-order valence-electron chi connectivity index (χ2n) is 3.30. The Kier molecular flexibility index (Phi) is 15.4. The highest BCUT2D eigenvalue weighted by molar-refractivity contribution is 5.77. The van der Waals surface area contributed by atoms with E-state index in [9.17, 15) is 9.59 Å². The lowest BCUT2D eigenvalue weighted by Crippen LogP contribution is -2.27. The lowest BCUT2D eigenvalue weighted by molar-refractivity contribution is -0.124. The molecule has 1 amide bonds. The molecule has 0 aromatic heterocycles. The zero-order valence-corrected chi connectivity index (χ0v) is 11.0. The maximum atomic E-state index is 10.9. The first-order valence-electron chi connectivity index (χ1n) is 5.92. The molecule has 0 fully saturated rings. The van der Waals surface area contributed by atoms with Crippen molar-refractivity contribution in [1.82, 2.24) is 5.32 Å². The second-order valence-corrected chi connectivity index (χ2v) is 3.30. The summed E-state index contributed by atoms with van der Waals surface area (Å²) < 4.78 is 4.66. The zero-order valence-electron chi connectivity index (χ0n) is 11.0. The van der Waals surface area contributed by atoms with Gasteiger partial charge >= 0.3 is 0 Å². The van der Waals surface area contributed by atoms with Gasteiger partial charge in [0.2, 0.25) is 5.91 Å². The van der Waals surface area contributed by atoms with Crippen molar-refractivity contribution in [3.05, 3.63) is 0 Å². The van der Waals surface area contributed by atoms with E-state index in [2.05, 4.69) is 10.1 Å². The Hall–Kier alpha value is -0.900. The van der Waals surface area contributed by atoms with Gasteiger partial charge < -0.3 is 14.8 Å². The van der Waals surface area contributed by atoms with Crippen molar-refractivity contribution < 1.29 is 14.3 Å². The Morgan fingerprint density at radius 3 is 2.25 bits per heavy atom. The molecule has 0 aromatic carbocycles. The molecule has 1 N–H and O–H groups in total. The minimum Gasteiger partial charge on any atom is -0.375 e. The number of unbranched alkanes of at least 4 members (excludes halogenated alkanes) is 2. The van der Waals surface area contributed by atoms with E-state index in [1.807, 2.05) is 13.8 Å². The molecule has 0 heterocycles. The van der Waals surface area contributed by atoms with Gasteiger partial charge in [0.05, 0.1) is 0 Å². The highest BCUT2D eigenvalue weighted by Crippen LogP contribution is 1.99. The van der Waals surface area contributed by atoms with Gasteiger partial charge in [0.25, 0.3) is 0 Å². The van der Waals surface area contributed by atoms with E-state index in [0.717, 1.165) is 19.3 Å². The van der Waals surface area contributed by atoms with Crippen LogP contribution in [0.3, 0.4) is 0 Å². The van der Waals surface area contributed by atoms with Gasteiger partial charge in [-0.25, -0.2) is 0 Å². The van der Waals surface area contributed by atoms with Gasteiger partial charge in [-0.15, -0.1) is 0 Å². The van der Waals surface area contributed by atoms with Crippen LogP contribution >= 0.6 is 0 Å². The molecule has 16 heavy (non-hydrogen) atoms. The number of carbonyl (C=O) groups excluding carboxylic acids is 2. The van der Waals surface area contributed by atoms with Gasteiger partial charge in [-0.2, -0.15) is 0 Å². The molecular weight excluding hydrogens is 206 g/mol. The summed E-state index contributed by atoms with van der Waals surface area (Å²) in [5, 5.41) is 2.72. The van der Waals surface area contributed by atoms with Gasteiger partial charge in [-0.3, -0.25) is 4.79 Å². The third-order valence-corrected chi connectivity index (χ3v) is 1.80. The number of hydrogen-bond acceptors (Lipinski definition) is 3. The molecule has 0 radical (unpaired) electrons. The van der Waals surface area contributed by atoms with Crippen LogP contribution in [0.1, 0.15) is 46.5 Å². The van der Waals surface area contributed by atoms with E-state index in [1.54, 1.807) is 6.92 Å². The summed E-state index contributed by atoms with van der Waals surface area (Å²) in [7, 11) is 1.49. The standard InChI is InChI=1S/C10H19NO3.C2H6/c1-9(12)6-4-3-5-7-11-10(13)8-14-2;1-2/h3-8H2,1-2H3,(H,11,13);1-2H3. The van der Waals surface area contributed by atoms with E-state index in [4.69, 9.17) is 0 Å². The smallest absolute Gasteiger partial charge is 0.245 e. The summed E-state index contributed by atoms with van der Waals surface area (Å²) in [6, 6.07) is 0. The second kappa shape index (κ2) is 14.1. The maximum absolute atomic E-state index is 10.9. The molecule has 0 atom stereocenters. The number of amides is 1. The minimum absolute atomic E-state index is 0.0842. The lowest BCUT2D eigenvalue weighted by Gasteiger charge is -2.03. The number of carbonyl (C=O) groups is 2. The molecule has 96 valence electrons. The summed E-state index contributed by atoms with van der Waals surface area (Å²) in [5.41, 5.74) is 0. The molecule has 0 unspecified atom stereocenters. The number of ketones is 1. The summed E-state index contributed by atoms with van der Waals surface area (Å²) in [6.07, 6.45) is 3.46. The van der Waals surface area contributed by atoms with Gasteiger partial charge in [0, 0.05) is 20.1 Å². The van der Waals surface area contributed by atoms with Crippen molar-refractivity contribution >= 4 is 11.7 Å². The van der Waals surface area contributed by atoms with Gasteiger partial charge in [-0.1, -0.05) is 20.3 Å². The Balaban J connectivity index is 0. The van der Waals surface area contributed by atoms with Gasteiger partial charge in [0.1, 0.15) is 12.4 Å². The predicted octanol–water partition coefficient (Wildman–Crippen LogP) is 1.92. The Bertz CT molecular complexity index is 181. The minimum atomic E-state index is -0.0842. The van der Waals surface area contributed by atoms with E-state index in [0.29, 0.717) is 13.0 Å². The van der Waals surface area contributed by atoms with Crippen LogP contribution in [0.25, 0.3) is 0 Å². The average Bonchev–Trinajstić information content (AvgIpc) is 2.26. The quantitative estimate of drug-likeness (QED) is 0.649. The average molecular weight is 231 g/mol. The number of ether oxygens (including phenoxy) is 1. The number of Topliss-reactive ketones (excluding diaryl/α,β-unsaturated/α-hetero) is 1. The van der Waals surface area contributed by atoms with Crippen LogP contribution < -0.4 is 5.32 Å². The molecule has 0 saturated heterocycles. The molecule has 4 nitrogen and oxygen atoms in total. The number of nitrogens with one attached hydrogen (secondary N) is 1. The first-order valence-corrected chi connectivity index (χ1v) is 5.92. The molecule has 0 aliphatic rings. The van der Waals surface area contributed by atoms with Gasteiger partial charge in [0.15, 0.2) is 0 Å². The van der Waals surface area contributed by atoms with E-state index in [1.165, 1.54) is 7.11 Å². The summed E-state index contributed by atoms with van der Waals surface area (Å²) in [5.74, 6) is 0.146. The Morgan fingerprint density at radius 1 is 1.12 bits per heavy atom. The van der Waals surface area contributed by atoms with Crippen LogP contribution in [-0.4, -0.2) is 32.0 Å². The van der Waals surface area contributed by atoms with Crippen LogP contribution in [-0.2, 0) is 14.3 Å². The van der Waals surface area contributed by atoms with Crippen molar-refractivity contribution in [3.63, 3.8) is 0 Å². The van der Waals surface area contributed by atoms with Crippen molar-refractivity contribution in [2.24, 2.45) is 0 Å². The van der Waals surface area contributed by atoms with Crippen LogP contribution in [0.15, 0.2) is 0 Å². The molecule has 0 aromatic rings. The first-order chi connectivity index (χ1) is 7.66. The monoisotopic (exact) mass is 231 g/mol. The van der Waals surface area contributed by atoms with Crippen molar-refractivity contribution in [3.8, 4) is 0 Å². The van der Waals surface area contributed by atoms with Crippen LogP contribution in [0.2, 0.25) is 0 Å². The first kappa shape index (κ1) is 17.5. The topological polar surface area (TPSA) is 55.4 Å². The highest BCUT2D eigenvalue weighted by atomic mass is 16.5. The molecule has 4 heteroatoms. The maximum Gasteiger partial charge on any atom is 0.245 e. The SMILES string of the molecule is CC.COCC(=O)NCCCCCC(C)=O. The number of hydrogen-bond donors (Lipinski definition) is 1. The Labute approximate surface area is 98.7 Å². The normalized spacial score (nSPS) is 9.00. The van der Waals surface area contributed by atoms with Crippen molar-refractivity contribution in [2.45, 2.75) is 46.5 Å². The Morgan fingerprint density at radius 2 is 1.75 bits per heavy atom. The van der Waals surface area contributed by atoms with Crippen LogP contribution in [0.5, 0.6) is 0 Å². The van der Waals surface area contributed by atoms with Crippen molar-refractivity contribution in [2.75, 3.05) is 20.3 Å². The zero-order chi connectivity index (χ0) is 12.8. The fourth-order valence-corrected chi connectivity index (χ4v) is 1.09. The lowest BCUT2D eigenvalue weighted by atomic mass is 10.1. The number of rotatable bonds is 8. The van der Waals surface area contributed by atoms with Crippen LogP contribution in [0, 0.1) is 0 Å². The third-order valence-electron chi connectivity index (χ3n) is 1.80. The fraction of sp³-hybridized carbons (Fsp3) is 0.833. The summed E-state index contributed by atoms with van der Waals surface area (Å²) in [4.78, 5) is 21.5. The largest absolute Gasteiger partial charge is 0.375 e. The molecule has 0 saturated carbocycles. The van der Waals surface area contributed by atoms with E-state index >= 15 is 0 Å². The molecule has 0 aliphatic heterocycles. The summed E-state index contributed by atoms with van der Waals surface area (Å²) in [6.45, 7) is 6.38. The van der Waals surface area contributed by atoms with Crippen LogP contribution in [0.4, 0.5) is 0 Å². The molecule has 0 rings (SSSR count). The molecular formula is C12H25NO3. The number of methoxy groups -OCH3 is 1. The summed E-state index contributed by atoms with van der Waals surface area (Å²) >= 11 is 0. The fourth-order valence-electron chi connectivity index (χ4n) is 1.09.